The Kier molecular flexibility index (Phi) is 11.3. The molecule has 0 saturated heterocycles. The number of hydrogen-bond donors (Lipinski definition) is 7. The Balaban J connectivity index is 2.17. The maximum Gasteiger partial charge on any atom is 0.326 e. The van der Waals surface area contributed by atoms with E-state index in [1.165, 1.54) is 6.92 Å². The number of aliphatic hydroxyl groups excluding tert-OH is 1. The minimum Gasteiger partial charge on any atom is -0.480 e. The number of para-hydroxylation sites is 1. The van der Waals surface area contributed by atoms with E-state index >= 15 is 0 Å². The number of H-pyrrole nitrogens is 1. The highest BCUT2D eigenvalue weighted by Crippen LogP contribution is 2.19. The summed E-state index contributed by atoms with van der Waals surface area (Å²) in [4.78, 5) is 54.0. The van der Waals surface area contributed by atoms with Crippen molar-refractivity contribution in [2.45, 2.75) is 84.2 Å². The normalized spacial score (nSPS) is 16.2. The number of hydrogen-bond acceptors (Lipinski definition) is 6. The molecular weight excluding hydrogens is 490 g/mol. The van der Waals surface area contributed by atoms with Crippen LogP contribution in [0.2, 0.25) is 0 Å². The summed E-state index contributed by atoms with van der Waals surface area (Å²) in [6.45, 7) is 8.73. The van der Waals surface area contributed by atoms with Gasteiger partial charge in [-0.05, 0) is 36.8 Å². The summed E-state index contributed by atoms with van der Waals surface area (Å²) in [7, 11) is 0. The number of benzene rings is 1. The third-order valence-electron chi connectivity index (χ3n) is 6.63. The quantitative estimate of drug-likeness (QED) is 0.190. The van der Waals surface area contributed by atoms with E-state index in [2.05, 4.69) is 20.9 Å². The first-order chi connectivity index (χ1) is 17.8. The van der Waals surface area contributed by atoms with Gasteiger partial charge in [-0.3, -0.25) is 14.4 Å². The molecule has 210 valence electrons. The van der Waals surface area contributed by atoms with Crippen LogP contribution in [0.25, 0.3) is 10.9 Å². The number of aromatic amines is 1. The largest absolute Gasteiger partial charge is 0.480 e. The molecule has 0 aliphatic rings. The van der Waals surface area contributed by atoms with Crippen molar-refractivity contribution < 1.29 is 29.4 Å². The lowest BCUT2D eigenvalue weighted by atomic mass is 9.96. The monoisotopic (exact) mass is 531 g/mol. The Labute approximate surface area is 222 Å². The molecule has 0 fully saturated rings. The van der Waals surface area contributed by atoms with Crippen LogP contribution >= 0.6 is 0 Å². The number of nitrogens with one attached hydrogen (secondary N) is 4. The molecule has 38 heavy (non-hydrogen) atoms. The number of rotatable bonds is 14. The van der Waals surface area contributed by atoms with E-state index in [4.69, 9.17) is 5.73 Å². The van der Waals surface area contributed by atoms with Crippen molar-refractivity contribution in [1.29, 1.82) is 0 Å². The van der Waals surface area contributed by atoms with Crippen LogP contribution in [-0.4, -0.2) is 69.2 Å². The number of amides is 3. The smallest absolute Gasteiger partial charge is 0.326 e. The molecule has 3 amide bonds. The van der Waals surface area contributed by atoms with Crippen molar-refractivity contribution >= 4 is 34.6 Å². The number of carbonyl (C=O) groups is 4. The summed E-state index contributed by atoms with van der Waals surface area (Å²) in [5.74, 6) is -3.46. The van der Waals surface area contributed by atoms with Crippen LogP contribution < -0.4 is 21.7 Å². The molecule has 8 N–H and O–H groups in total. The molecule has 0 saturated carbocycles. The molecule has 1 aromatic heterocycles. The number of aliphatic carboxylic acids is 1. The zero-order valence-electron chi connectivity index (χ0n) is 22.7. The van der Waals surface area contributed by atoms with Crippen LogP contribution in [0.5, 0.6) is 0 Å². The zero-order valence-corrected chi connectivity index (χ0v) is 22.7. The van der Waals surface area contributed by atoms with Crippen molar-refractivity contribution in [2.24, 2.45) is 17.6 Å². The molecule has 1 heterocycles. The van der Waals surface area contributed by atoms with E-state index in [-0.39, 0.29) is 18.3 Å². The highest BCUT2D eigenvalue weighted by molar-refractivity contribution is 5.94. The lowest BCUT2D eigenvalue weighted by Crippen LogP contribution is -2.61. The number of carboxylic acids is 1. The lowest BCUT2D eigenvalue weighted by Gasteiger charge is -2.29. The van der Waals surface area contributed by atoms with Gasteiger partial charge in [0.1, 0.15) is 18.1 Å². The van der Waals surface area contributed by atoms with Gasteiger partial charge in [-0.2, -0.15) is 0 Å². The van der Waals surface area contributed by atoms with Crippen molar-refractivity contribution in [3.8, 4) is 0 Å². The average Bonchev–Trinajstić information content (AvgIpc) is 3.26. The van der Waals surface area contributed by atoms with Crippen LogP contribution in [0.1, 0.15) is 53.0 Å². The summed E-state index contributed by atoms with van der Waals surface area (Å²) in [6.07, 6.45) is 1.38. The van der Waals surface area contributed by atoms with E-state index in [9.17, 15) is 29.4 Å². The molecule has 0 aliphatic carbocycles. The highest BCUT2D eigenvalue weighted by Gasteiger charge is 2.34. The van der Waals surface area contributed by atoms with Gasteiger partial charge in [0.25, 0.3) is 0 Å². The van der Waals surface area contributed by atoms with Crippen LogP contribution in [0, 0.1) is 11.8 Å². The van der Waals surface area contributed by atoms with E-state index in [0.717, 1.165) is 16.5 Å². The van der Waals surface area contributed by atoms with Crippen molar-refractivity contribution in [1.82, 2.24) is 20.9 Å². The van der Waals surface area contributed by atoms with E-state index in [0.29, 0.717) is 12.8 Å². The third-order valence-corrected chi connectivity index (χ3v) is 6.63. The van der Waals surface area contributed by atoms with Gasteiger partial charge in [-0.1, -0.05) is 52.3 Å². The average molecular weight is 532 g/mol. The van der Waals surface area contributed by atoms with Crippen LogP contribution in [0.4, 0.5) is 0 Å². The number of nitrogens with two attached hydrogens (primary N) is 1. The van der Waals surface area contributed by atoms with Gasteiger partial charge in [-0.25, -0.2) is 4.79 Å². The Hall–Kier alpha value is -3.44. The molecule has 2 aromatic rings. The topological polar surface area (TPSA) is 187 Å². The first-order valence-corrected chi connectivity index (χ1v) is 13.0. The molecule has 0 spiro atoms. The predicted octanol–water partition coefficient (Wildman–Crippen LogP) is 1.05. The van der Waals surface area contributed by atoms with Gasteiger partial charge in [0.2, 0.25) is 17.7 Å². The highest BCUT2D eigenvalue weighted by atomic mass is 16.4. The van der Waals surface area contributed by atoms with Gasteiger partial charge < -0.3 is 36.9 Å². The molecule has 11 nitrogen and oxygen atoms in total. The fraction of sp³-hybridized carbons (Fsp3) is 0.556. The Morgan fingerprint density at radius 3 is 2.13 bits per heavy atom. The van der Waals surface area contributed by atoms with Gasteiger partial charge in [0.15, 0.2) is 0 Å². The standard InChI is InChI=1S/C27H41N5O6/c1-6-15(4)22(31-26(36)23(16(5)33)32-24(34)19(28)11-14(2)3)25(35)30-21(27(37)38)12-17-13-29-20-10-8-7-9-18(17)20/h7-10,13-16,19,21-23,29,33H,6,11-12,28H2,1-5H3,(H,30,35)(H,31,36)(H,32,34)(H,37,38). The Morgan fingerprint density at radius 2 is 1.55 bits per heavy atom. The number of carbonyl (C=O) groups excluding carboxylic acids is 3. The third kappa shape index (κ3) is 8.29. The Bertz CT molecular complexity index is 1110. The fourth-order valence-corrected chi connectivity index (χ4v) is 4.21. The fourth-order valence-electron chi connectivity index (χ4n) is 4.21. The molecule has 0 radical (unpaired) electrons. The first kappa shape index (κ1) is 30.8. The molecule has 1 aromatic carbocycles. The Morgan fingerprint density at radius 1 is 0.947 bits per heavy atom. The van der Waals surface area contributed by atoms with Crippen LogP contribution in [0.3, 0.4) is 0 Å². The minimum atomic E-state index is -1.35. The van der Waals surface area contributed by atoms with Crippen molar-refractivity contribution in [2.75, 3.05) is 0 Å². The summed E-state index contributed by atoms with van der Waals surface area (Å²) < 4.78 is 0. The van der Waals surface area contributed by atoms with Gasteiger partial charge in [0.05, 0.1) is 12.1 Å². The molecule has 0 bridgehead atoms. The molecule has 2 rings (SSSR count). The molecule has 6 unspecified atom stereocenters. The summed E-state index contributed by atoms with van der Waals surface area (Å²) in [6, 6.07) is 2.89. The van der Waals surface area contributed by atoms with Crippen LogP contribution in [0.15, 0.2) is 30.5 Å². The second-order valence-corrected chi connectivity index (χ2v) is 10.3. The van der Waals surface area contributed by atoms with Crippen LogP contribution in [-0.2, 0) is 25.6 Å². The number of aliphatic hydroxyl groups is 1. The summed E-state index contributed by atoms with van der Waals surface area (Å²) >= 11 is 0. The molecule has 11 heteroatoms. The van der Waals surface area contributed by atoms with Gasteiger partial charge in [0, 0.05) is 23.5 Å². The van der Waals surface area contributed by atoms with Gasteiger partial charge >= 0.3 is 5.97 Å². The maximum absolute atomic E-state index is 13.3. The second kappa shape index (κ2) is 13.9. The lowest BCUT2D eigenvalue weighted by molar-refractivity contribution is -0.142. The van der Waals surface area contributed by atoms with E-state index in [1.807, 2.05) is 45.0 Å². The zero-order chi connectivity index (χ0) is 28.6. The number of aromatic nitrogens is 1. The van der Waals surface area contributed by atoms with Gasteiger partial charge in [-0.15, -0.1) is 0 Å². The molecule has 0 aliphatic heterocycles. The minimum absolute atomic E-state index is 0.0341. The van der Waals surface area contributed by atoms with Crippen molar-refractivity contribution in [3.63, 3.8) is 0 Å². The SMILES string of the molecule is CCC(C)C(NC(=O)C(NC(=O)C(N)CC(C)C)C(C)O)C(=O)NC(Cc1c[nH]c2ccccc12)C(=O)O. The van der Waals surface area contributed by atoms with Crippen molar-refractivity contribution in [3.05, 3.63) is 36.0 Å². The summed E-state index contributed by atoms with van der Waals surface area (Å²) in [5, 5.41) is 28.5. The molecule has 6 atom stereocenters. The number of fused-ring (bicyclic) bond motifs is 1. The second-order valence-electron chi connectivity index (χ2n) is 10.3. The molecular formula is C27H41N5O6. The predicted molar refractivity (Wildman–Crippen MR) is 144 cm³/mol. The summed E-state index contributed by atoms with van der Waals surface area (Å²) in [5.41, 5.74) is 7.49. The maximum atomic E-state index is 13.3. The number of carboxylic acid groups (broad SMARTS) is 1. The first-order valence-electron chi connectivity index (χ1n) is 13.0. The van der Waals surface area contributed by atoms with E-state index < -0.39 is 54.0 Å². The van der Waals surface area contributed by atoms with E-state index in [1.54, 1.807) is 13.1 Å².